The van der Waals surface area contributed by atoms with Crippen molar-refractivity contribution in [2.75, 3.05) is 12.3 Å². The molecule has 48 heavy (non-hydrogen) atoms. The van der Waals surface area contributed by atoms with Crippen LogP contribution in [0.5, 0.6) is 0 Å². The van der Waals surface area contributed by atoms with Crippen LogP contribution in [0.15, 0.2) is 0 Å². The van der Waals surface area contributed by atoms with Crippen molar-refractivity contribution in [3.63, 3.8) is 0 Å². The van der Waals surface area contributed by atoms with Gasteiger partial charge in [0.15, 0.2) is 9.84 Å². The third-order valence-corrected chi connectivity index (χ3v) is 15.0. The van der Waals surface area contributed by atoms with Gasteiger partial charge in [0, 0.05) is 6.54 Å². The standard InChI is InChI=1S/C35H57N5O7S/c1-33(2,3)48(46,47)20-35(16-10-7-11-17-35)39-32(45)38-26(22-12-8-6-9-13-22)31(44)40-19-23-25(34(23,4)5)27(40)30(43)37-24(18-21-14-15-21)28(41)29(36)42/h21-27H,6-20H2,1-5H3,(H2,36,42)(H,37,43)(H2,38,39,45)/t23-,24?,25-,26-,27-/m0/s1. The Hall–Kier alpha value is -2.70. The molecule has 5 rings (SSSR count). The van der Waals surface area contributed by atoms with Gasteiger partial charge in [0.1, 0.15) is 12.1 Å². The van der Waals surface area contributed by atoms with Crippen LogP contribution in [0.25, 0.3) is 0 Å². The summed E-state index contributed by atoms with van der Waals surface area (Å²) in [6.45, 7) is 9.50. The number of nitrogens with one attached hydrogen (secondary N) is 3. The highest BCUT2D eigenvalue weighted by molar-refractivity contribution is 7.92. The lowest BCUT2D eigenvalue weighted by molar-refractivity contribution is -0.144. The molecule has 5 amide bonds. The monoisotopic (exact) mass is 691 g/mol. The van der Waals surface area contributed by atoms with E-state index in [2.05, 4.69) is 29.8 Å². The summed E-state index contributed by atoms with van der Waals surface area (Å²) < 4.78 is 25.7. The SMILES string of the molecule is CC1(C)[C@@H]2[C@@H](C(=O)NC(CC3CC3)C(=O)C(N)=O)N(C(=O)[C@@H](NC(=O)NC3(CS(=O)(=O)C(C)(C)C)CCCCC3)C3CCCCC3)C[C@@H]21. The van der Waals surface area contributed by atoms with E-state index in [1.54, 1.807) is 25.7 Å². The second kappa shape index (κ2) is 13.5. The number of Topliss-reactive ketones (excluding diaryl/α,β-unsaturated/α-hetero) is 1. The van der Waals surface area contributed by atoms with Gasteiger partial charge in [0.2, 0.25) is 17.6 Å². The number of nitrogens with zero attached hydrogens (tertiary/aromatic N) is 1. The van der Waals surface area contributed by atoms with Gasteiger partial charge in [-0.1, -0.05) is 65.2 Å². The minimum absolute atomic E-state index is 0.0832. The van der Waals surface area contributed by atoms with E-state index < -0.39 is 61.9 Å². The highest BCUT2D eigenvalue weighted by atomic mass is 32.2. The first kappa shape index (κ1) is 36.6. The van der Waals surface area contributed by atoms with E-state index in [1.807, 2.05) is 0 Å². The Morgan fingerprint density at radius 3 is 2.06 bits per heavy atom. The second-order valence-electron chi connectivity index (χ2n) is 17.0. The van der Waals surface area contributed by atoms with Crippen molar-refractivity contribution < 1.29 is 32.4 Å². The number of ketones is 1. The Kier molecular flexibility index (Phi) is 10.3. The van der Waals surface area contributed by atoms with Crippen LogP contribution in [0.2, 0.25) is 0 Å². The fourth-order valence-corrected chi connectivity index (χ4v) is 10.2. The fourth-order valence-electron chi connectivity index (χ4n) is 8.72. The molecule has 0 radical (unpaired) electrons. The number of hydrogen-bond donors (Lipinski definition) is 4. The van der Waals surface area contributed by atoms with Crippen LogP contribution in [0, 0.1) is 29.1 Å². The number of rotatable bonds is 12. The Morgan fingerprint density at radius 2 is 1.50 bits per heavy atom. The van der Waals surface area contributed by atoms with Crippen molar-refractivity contribution in [2.24, 2.45) is 34.8 Å². The van der Waals surface area contributed by atoms with Gasteiger partial charge in [-0.15, -0.1) is 0 Å². The van der Waals surface area contributed by atoms with E-state index in [0.29, 0.717) is 25.8 Å². The Labute approximate surface area is 285 Å². The number of likely N-dealkylation sites (tertiary alicyclic amines) is 1. The number of primary amides is 1. The molecule has 5 N–H and O–H groups in total. The van der Waals surface area contributed by atoms with Gasteiger partial charge in [-0.2, -0.15) is 0 Å². The molecule has 5 fully saturated rings. The molecular weight excluding hydrogens is 634 g/mol. The number of amides is 5. The molecule has 5 atom stereocenters. The lowest BCUT2D eigenvalue weighted by Gasteiger charge is -2.41. The molecule has 1 aliphatic heterocycles. The summed E-state index contributed by atoms with van der Waals surface area (Å²) in [5, 5.41) is 8.85. The first-order valence-electron chi connectivity index (χ1n) is 18.1. The number of sulfone groups is 1. The minimum Gasteiger partial charge on any atom is -0.363 e. The van der Waals surface area contributed by atoms with E-state index in [-0.39, 0.29) is 40.7 Å². The summed E-state index contributed by atoms with van der Waals surface area (Å²) in [4.78, 5) is 68.6. The van der Waals surface area contributed by atoms with E-state index in [9.17, 15) is 32.4 Å². The zero-order valence-electron chi connectivity index (χ0n) is 29.4. The average Bonchev–Trinajstić information content (AvgIpc) is 3.86. The molecule has 1 saturated heterocycles. The fraction of sp³-hybridized carbons (Fsp3) is 0.857. The zero-order chi connectivity index (χ0) is 35.2. The quantitative estimate of drug-likeness (QED) is 0.227. The topological polar surface area (TPSA) is 185 Å². The summed E-state index contributed by atoms with van der Waals surface area (Å²) in [6.07, 6.45) is 10.2. The molecule has 1 heterocycles. The number of nitrogens with two attached hydrogens (primary N) is 1. The van der Waals surface area contributed by atoms with Crippen molar-refractivity contribution in [3.8, 4) is 0 Å². The summed E-state index contributed by atoms with van der Waals surface area (Å²) in [5.41, 5.74) is 4.22. The summed E-state index contributed by atoms with van der Waals surface area (Å²) >= 11 is 0. The second-order valence-corrected chi connectivity index (χ2v) is 19.8. The lowest BCUT2D eigenvalue weighted by Crippen LogP contribution is -2.63. The van der Waals surface area contributed by atoms with Crippen LogP contribution in [0.4, 0.5) is 4.79 Å². The van der Waals surface area contributed by atoms with Crippen LogP contribution in [0.1, 0.15) is 118 Å². The Bertz CT molecular complexity index is 1390. The molecule has 1 unspecified atom stereocenters. The predicted molar refractivity (Wildman–Crippen MR) is 181 cm³/mol. The molecule has 0 bridgehead atoms. The highest BCUT2D eigenvalue weighted by Gasteiger charge is 2.70. The first-order chi connectivity index (χ1) is 22.4. The smallest absolute Gasteiger partial charge is 0.315 e. The first-order valence-corrected chi connectivity index (χ1v) is 19.8. The summed E-state index contributed by atoms with van der Waals surface area (Å²) in [7, 11) is -3.55. The van der Waals surface area contributed by atoms with E-state index in [1.165, 1.54) is 0 Å². The number of piperidine rings is 1. The lowest BCUT2D eigenvalue weighted by atomic mass is 9.82. The van der Waals surface area contributed by atoms with Crippen molar-refractivity contribution in [1.82, 2.24) is 20.9 Å². The van der Waals surface area contributed by atoms with Crippen molar-refractivity contribution in [2.45, 2.75) is 147 Å². The average molecular weight is 692 g/mol. The van der Waals surface area contributed by atoms with Gasteiger partial charge in [-0.05, 0) is 82.0 Å². The van der Waals surface area contributed by atoms with Crippen molar-refractivity contribution >= 4 is 39.4 Å². The van der Waals surface area contributed by atoms with E-state index in [4.69, 9.17) is 5.73 Å². The Balaban J connectivity index is 1.37. The molecule has 0 aromatic rings. The maximum atomic E-state index is 14.6. The third kappa shape index (κ3) is 7.70. The van der Waals surface area contributed by atoms with Gasteiger partial charge in [-0.25, -0.2) is 13.2 Å². The third-order valence-electron chi connectivity index (χ3n) is 12.2. The molecule has 5 aliphatic rings. The summed E-state index contributed by atoms with van der Waals surface area (Å²) in [5.74, 6) is -2.83. The Morgan fingerprint density at radius 1 is 0.896 bits per heavy atom. The largest absolute Gasteiger partial charge is 0.363 e. The maximum Gasteiger partial charge on any atom is 0.315 e. The molecule has 0 spiro atoms. The highest BCUT2D eigenvalue weighted by Crippen LogP contribution is 2.65. The van der Waals surface area contributed by atoms with Gasteiger partial charge in [0.05, 0.1) is 22.1 Å². The maximum absolute atomic E-state index is 14.6. The van der Waals surface area contributed by atoms with Crippen molar-refractivity contribution in [3.05, 3.63) is 0 Å². The normalized spacial score (nSPS) is 28.0. The molecule has 12 nitrogen and oxygen atoms in total. The van der Waals surface area contributed by atoms with Gasteiger partial charge in [0.25, 0.3) is 5.91 Å². The molecular formula is C35H57N5O7S. The van der Waals surface area contributed by atoms with Crippen LogP contribution in [-0.2, 0) is 29.0 Å². The van der Waals surface area contributed by atoms with Gasteiger partial charge < -0.3 is 26.6 Å². The number of fused-ring (bicyclic) bond motifs is 1. The number of carbonyl (C=O) groups is 5. The van der Waals surface area contributed by atoms with E-state index >= 15 is 0 Å². The predicted octanol–water partition coefficient (Wildman–Crippen LogP) is 2.97. The van der Waals surface area contributed by atoms with E-state index in [0.717, 1.165) is 64.2 Å². The molecule has 270 valence electrons. The molecule has 4 saturated carbocycles. The minimum atomic E-state index is -3.55. The van der Waals surface area contributed by atoms with Gasteiger partial charge >= 0.3 is 6.03 Å². The number of urea groups is 1. The van der Waals surface area contributed by atoms with Crippen LogP contribution in [-0.4, -0.2) is 83.6 Å². The molecule has 4 aliphatic carbocycles. The zero-order valence-corrected chi connectivity index (χ0v) is 30.3. The van der Waals surface area contributed by atoms with Crippen LogP contribution < -0.4 is 21.7 Å². The van der Waals surface area contributed by atoms with Crippen molar-refractivity contribution in [1.29, 1.82) is 0 Å². The number of carbonyl (C=O) groups excluding carboxylic acids is 5. The van der Waals surface area contributed by atoms with Gasteiger partial charge in [-0.3, -0.25) is 19.2 Å². The number of hydrogen-bond acceptors (Lipinski definition) is 7. The summed E-state index contributed by atoms with van der Waals surface area (Å²) in [6, 6.07) is -3.34. The van der Waals surface area contributed by atoms with Crippen LogP contribution >= 0.6 is 0 Å². The molecule has 13 heteroatoms. The van der Waals surface area contributed by atoms with Crippen LogP contribution in [0.3, 0.4) is 0 Å². The molecule has 0 aromatic carbocycles. The molecule has 0 aromatic heterocycles.